The summed E-state index contributed by atoms with van der Waals surface area (Å²) < 4.78 is 0. The van der Waals surface area contributed by atoms with Crippen LogP contribution in [0.25, 0.3) is 0 Å². The summed E-state index contributed by atoms with van der Waals surface area (Å²) in [6.45, 7) is 0.802. The first-order valence-corrected chi connectivity index (χ1v) is 5.07. The average Bonchev–Trinajstić information content (AvgIpc) is 2.62. The zero-order valence-corrected chi connectivity index (χ0v) is 7.46. The molecule has 2 N–H and O–H groups in total. The predicted molar refractivity (Wildman–Crippen MR) is 47.6 cm³/mol. The second-order valence-corrected chi connectivity index (χ2v) is 4.14. The SMILES string of the molecule is NCCCCC1C2CCC(=O)C12. The van der Waals surface area contributed by atoms with Gasteiger partial charge in [0.1, 0.15) is 5.78 Å². The van der Waals surface area contributed by atoms with Crippen molar-refractivity contribution < 1.29 is 4.79 Å². The average molecular weight is 167 g/mol. The molecule has 0 radical (unpaired) electrons. The second-order valence-electron chi connectivity index (χ2n) is 4.14. The van der Waals surface area contributed by atoms with Gasteiger partial charge in [0, 0.05) is 12.3 Å². The van der Waals surface area contributed by atoms with Crippen LogP contribution >= 0.6 is 0 Å². The van der Waals surface area contributed by atoms with Crippen LogP contribution in [0, 0.1) is 17.8 Å². The molecule has 2 fully saturated rings. The number of nitrogens with two attached hydrogens (primary N) is 1. The van der Waals surface area contributed by atoms with Gasteiger partial charge in [-0.15, -0.1) is 0 Å². The topological polar surface area (TPSA) is 43.1 Å². The molecule has 2 rings (SSSR count). The summed E-state index contributed by atoms with van der Waals surface area (Å²) in [5, 5.41) is 0. The largest absolute Gasteiger partial charge is 0.330 e. The molecule has 2 saturated carbocycles. The van der Waals surface area contributed by atoms with E-state index in [2.05, 4.69) is 0 Å². The number of Topliss-reactive ketones (excluding diaryl/α,β-unsaturated/α-hetero) is 1. The van der Waals surface area contributed by atoms with Crippen LogP contribution in [0.3, 0.4) is 0 Å². The van der Waals surface area contributed by atoms with Crippen molar-refractivity contribution in [2.45, 2.75) is 32.1 Å². The van der Waals surface area contributed by atoms with Gasteiger partial charge in [-0.3, -0.25) is 4.79 Å². The molecule has 0 saturated heterocycles. The normalized spacial score (nSPS) is 38.4. The number of rotatable bonds is 4. The lowest BCUT2D eigenvalue weighted by Gasteiger charge is -2.00. The third-order valence-corrected chi connectivity index (χ3v) is 3.42. The number of ketones is 1. The fourth-order valence-corrected chi connectivity index (χ4v) is 2.71. The monoisotopic (exact) mass is 167 g/mol. The number of carbonyl (C=O) groups excluding carboxylic acids is 1. The summed E-state index contributed by atoms with van der Waals surface area (Å²) in [4.78, 5) is 11.2. The van der Waals surface area contributed by atoms with Crippen LogP contribution in [0.5, 0.6) is 0 Å². The molecular formula is C10H17NO. The molecule has 2 nitrogen and oxygen atoms in total. The summed E-state index contributed by atoms with van der Waals surface area (Å²) in [5.41, 5.74) is 5.41. The molecule has 68 valence electrons. The van der Waals surface area contributed by atoms with Crippen LogP contribution in [0.15, 0.2) is 0 Å². The van der Waals surface area contributed by atoms with Crippen LogP contribution < -0.4 is 5.73 Å². The quantitative estimate of drug-likeness (QED) is 0.642. The van der Waals surface area contributed by atoms with Crippen molar-refractivity contribution in [3.63, 3.8) is 0 Å². The first kappa shape index (κ1) is 8.24. The van der Waals surface area contributed by atoms with Gasteiger partial charge >= 0.3 is 0 Å². The van der Waals surface area contributed by atoms with Gasteiger partial charge < -0.3 is 5.73 Å². The Morgan fingerprint density at radius 1 is 1.42 bits per heavy atom. The molecule has 0 heterocycles. The van der Waals surface area contributed by atoms with Gasteiger partial charge in [-0.2, -0.15) is 0 Å². The lowest BCUT2D eigenvalue weighted by molar-refractivity contribution is -0.119. The minimum absolute atomic E-state index is 0.489. The fraction of sp³-hybridized carbons (Fsp3) is 0.900. The van der Waals surface area contributed by atoms with Crippen molar-refractivity contribution in [3.05, 3.63) is 0 Å². The van der Waals surface area contributed by atoms with E-state index in [9.17, 15) is 4.79 Å². The van der Waals surface area contributed by atoms with Crippen molar-refractivity contribution >= 4 is 5.78 Å². The lowest BCUT2D eigenvalue weighted by Crippen LogP contribution is -2.01. The van der Waals surface area contributed by atoms with E-state index >= 15 is 0 Å². The van der Waals surface area contributed by atoms with Gasteiger partial charge in [0.05, 0.1) is 0 Å². The number of carbonyl (C=O) groups is 1. The molecule has 0 bridgehead atoms. The molecule has 2 heteroatoms. The molecule has 3 unspecified atom stereocenters. The number of hydrogen-bond acceptors (Lipinski definition) is 2. The maximum atomic E-state index is 11.2. The second kappa shape index (κ2) is 3.17. The molecule has 0 aromatic carbocycles. The highest BCUT2D eigenvalue weighted by Gasteiger charge is 2.56. The van der Waals surface area contributed by atoms with Crippen LogP contribution in [0.2, 0.25) is 0 Å². The standard InChI is InChI=1S/C10H17NO/c11-6-2-1-3-7-8-4-5-9(12)10(7)8/h7-8,10H,1-6,11H2. The Labute approximate surface area is 73.5 Å². The van der Waals surface area contributed by atoms with Crippen LogP contribution in [-0.2, 0) is 4.79 Å². The van der Waals surface area contributed by atoms with Crippen LogP contribution in [0.1, 0.15) is 32.1 Å². The summed E-state index contributed by atoms with van der Waals surface area (Å²) >= 11 is 0. The van der Waals surface area contributed by atoms with Crippen molar-refractivity contribution in [2.24, 2.45) is 23.5 Å². The number of fused-ring (bicyclic) bond motifs is 1. The van der Waals surface area contributed by atoms with E-state index in [0.29, 0.717) is 11.7 Å². The first-order valence-electron chi connectivity index (χ1n) is 5.07. The van der Waals surface area contributed by atoms with Crippen molar-refractivity contribution in [2.75, 3.05) is 6.54 Å². The Hall–Kier alpha value is -0.370. The molecule has 0 spiro atoms. The van der Waals surface area contributed by atoms with E-state index in [1.54, 1.807) is 0 Å². The Balaban J connectivity index is 1.70. The molecule has 2 aliphatic rings. The maximum absolute atomic E-state index is 11.2. The number of unbranched alkanes of at least 4 members (excludes halogenated alkanes) is 1. The lowest BCUT2D eigenvalue weighted by atomic mass is 10.1. The highest BCUT2D eigenvalue weighted by Crippen LogP contribution is 2.57. The van der Waals surface area contributed by atoms with Crippen molar-refractivity contribution in [3.8, 4) is 0 Å². The van der Waals surface area contributed by atoms with Crippen molar-refractivity contribution in [1.82, 2.24) is 0 Å². The van der Waals surface area contributed by atoms with Crippen molar-refractivity contribution in [1.29, 1.82) is 0 Å². The van der Waals surface area contributed by atoms with Gasteiger partial charge in [-0.05, 0) is 37.6 Å². The van der Waals surface area contributed by atoms with E-state index in [4.69, 9.17) is 5.73 Å². The Morgan fingerprint density at radius 3 is 2.83 bits per heavy atom. The molecular weight excluding hydrogens is 150 g/mol. The summed E-state index contributed by atoms with van der Waals surface area (Å²) in [7, 11) is 0. The zero-order valence-electron chi connectivity index (χ0n) is 7.46. The first-order chi connectivity index (χ1) is 5.84. The van der Waals surface area contributed by atoms with Gasteiger partial charge in [-0.1, -0.05) is 6.42 Å². The predicted octanol–water partition coefficient (Wildman–Crippen LogP) is 1.34. The Morgan fingerprint density at radius 2 is 2.25 bits per heavy atom. The Kier molecular flexibility index (Phi) is 2.18. The minimum atomic E-state index is 0.489. The minimum Gasteiger partial charge on any atom is -0.330 e. The summed E-state index contributed by atoms with van der Waals surface area (Å²) in [6.07, 6.45) is 5.64. The van der Waals surface area contributed by atoms with E-state index in [1.807, 2.05) is 0 Å². The zero-order chi connectivity index (χ0) is 8.55. The van der Waals surface area contributed by atoms with Gasteiger partial charge in [0.15, 0.2) is 0 Å². The molecule has 0 aromatic rings. The molecule has 0 aromatic heterocycles. The van der Waals surface area contributed by atoms with E-state index in [0.717, 1.165) is 31.2 Å². The third kappa shape index (κ3) is 1.28. The van der Waals surface area contributed by atoms with Crippen LogP contribution in [0.4, 0.5) is 0 Å². The smallest absolute Gasteiger partial charge is 0.136 e. The van der Waals surface area contributed by atoms with Crippen LogP contribution in [-0.4, -0.2) is 12.3 Å². The number of hydrogen-bond donors (Lipinski definition) is 1. The van der Waals surface area contributed by atoms with E-state index < -0.39 is 0 Å². The van der Waals surface area contributed by atoms with Gasteiger partial charge in [0.2, 0.25) is 0 Å². The molecule has 0 aliphatic heterocycles. The van der Waals surface area contributed by atoms with Gasteiger partial charge in [0.25, 0.3) is 0 Å². The highest BCUT2D eigenvalue weighted by atomic mass is 16.1. The molecule has 0 amide bonds. The molecule has 3 atom stereocenters. The molecule has 12 heavy (non-hydrogen) atoms. The summed E-state index contributed by atoms with van der Waals surface area (Å²) in [5.74, 6) is 2.58. The van der Waals surface area contributed by atoms with Gasteiger partial charge in [-0.25, -0.2) is 0 Å². The summed E-state index contributed by atoms with van der Waals surface area (Å²) in [6, 6.07) is 0. The van der Waals surface area contributed by atoms with E-state index in [1.165, 1.54) is 19.3 Å². The third-order valence-electron chi connectivity index (χ3n) is 3.42. The fourth-order valence-electron chi connectivity index (χ4n) is 2.71. The highest BCUT2D eigenvalue weighted by molar-refractivity contribution is 5.87. The Bertz CT molecular complexity index is 190. The van der Waals surface area contributed by atoms with E-state index in [-0.39, 0.29) is 0 Å². The molecule has 2 aliphatic carbocycles. The maximum Gasteiger partial charge on any atom is 0.136 e.